The average Bonchev–Trinajstić information content (AvgIpc) is 3.03. The molecule has 0 unspecified atom stereocenters. The number of ether oxygens (including phenoxy) is 1. The van der Waals surface area contributed by atoms with Crippen molar-refractivity contribution in [1.29, 1.82) is 0 Å². The first kappa shape index (κ1) is 18.1. The van der Waals surface area contributed by atoms with E-state index in [-0.39, 0.29) is 17.6 Å². The topological polar surface area (TPSA) is 71.8 Å². The normalized spacial score (nSPS) is 13.3. The molecule has 0 fully saturated rings. The van der Waals surface area contributed by atoms with Crippen LogP contribution in [0.1, 0.15) is 35.0 Å². The van der Waals surface area contributed by atoms with Crippen LogP contribution in [-0.2, 0) is 11.2 Å². The van der Waals surface area contributed by atoms with Gasteiger partial charge in [-0.1, -0.05) is 0 Å². The predicted molar refractivity (Wildman–Crippen MR) is 108 cm³/mol. The first-order chi connectivity index (χ1) is 13.5. The van der Waals surface area contributed by atoms with Crippen LogP contribution >= 0.6 is 0 Å². The fourth-order valence-electron chi connectivity index (χ4n) is 3.73. The van der Waals surface area contributed by atoms with E-state index in [0.29, 0.717) is 17.0 Å². The van der Waals surface area contributed by atoms with Gasteiger partial charge in [0.2, 0.25) is 5.91 Å². The maximum Gasteiger partial charge on any atom is 0.291 e. The van der Waals surface area contributed by atoms with Gasteiger partial charge >= 0.3 is 0 Å². The van der Waals surface area contributed by atoms with E-state index >= 15 is 0 Å². The molecule has 0 bridgehead atoms. The highest BCUT2D eigenvalue weighted by molar-refractivity contribution is 6.06. The van der Waals surface area contributed by atoms with Crippen molar-refractivity contribution in [2.45, 2.75) is 26.7 Å². The van der Waals surface area contributed by atoms with Crippen LogP contribution in [0.15, 0.2) is 40.8 Å². The first-order valence-corrected chi connectivity index (χ1v) is 9.27. The van der Waals surface area contributed by atoms with Crippen molar-refractivity contribution in [2.24, 2.45) is 0 Å². The number of hydrogen-bond donors (Lipinski definition) is 1. The number of methoxy groups -OCH3 is 1. The van der Waals surface area contributed by atoms with E-state index < -0.39 is 0 Å². The number of furan rings is 1. The fraction of sp³-hybridized carbons (Fsp3) is 0.273. The summed E-state index contributed by atoms with van der Waals surface area (Å²) in [7, 11) is 1.60. The molecule has 0 saturated heterocycles. The first-order valence-electron chi connectivity index (χ1n) is 9.27. The number of nitrogens with one attached hydrogen (secondary N) is 1. The lowest BCUT2D eigenvalue weighted by Crippen LogP contribution is -2.33. The number of benzene rings is 2. The summed E-state index contributed by atoms with van der Waals surface area (Å²) in [6.45, 7) is 4.16. The van der Waals surface area contributed by atoms with E-state index in [0.717, 1.165) is 41.6 Å². The molecule has 1 aliphatic heterocycles. The van der Waals surface area contributed by atoms with Crippen molar-refractivity contribution in [3.63, 3.8) is 0 Å². The maximum atomic E-state index is 12.8. The van der Waals surface area contributed by atoms with Crippen LogP contribution < -0.4 is 15.0 Å². The standard InChI is InChI=1S/C22H22N2O4/c1-13-18-12-17(27-3)7-9-20(18)28-21(13)22(26)23-16-6-8-19-15(11-16)5-4-10-24(19)14(2)25/h6-9,11-12H,4-5,10H2,1-3H3,(H,23,26). The zero-order valence-corrected chi connectivity index (χ0v) is 16.2. The third kappa shape index (κ3) is 3.11. The third-order valence-electron chi connectivity index (χ3n) is 5.19. The molecule has 0 atom stereocenters. The molecular formula is C22H22N2O4. The van der Waals surface area contributed by atoms with Gasteiger partial charge in [0.1, 0.15) is 11.3 Å². The number of carbonyl (C=O) groups excluding carboxylic acids is 2. The molecule has 28 heavy (non-hydrogen) atoms. The van der Waals surface area contributed by atoms with Crippen LogP contribution in [0.2, 0.25) is 0 Å². The number of rotatable bonds is 3. The molecule has 6 heteroatoms. The lowest BCUT2D eigenvalue weighted by atomic mass is 10.0. The van der Waals surface area contributed by atoms with Gasteiger partial charge in [-0.05, 0) is 61.7 Å². The predicted octanol–water partition coefficient (Wildman–Crippen LogP) is 4.30. The number of carbonyl (C=O) groups is 2. The number of fused-ring (bicyclic) bond motifs is 2. The highest BCUT2D eigenvalue weighted by Crippen LogP contribution is 2.32. The zero-order chi connectivity index (χ0) is 19.8. The van der Waals surface area contributed by atoms with Crippen molar-refractivity contribution >= 4 is 34.2 Å². The van der Waals surface area contributed by atoms with Gasteiger partial charge in [-0.3, -0.25) is 9.59 Å². The molecule has 144 valence electrons. The second-order valence-corrected chi connectivity index (χ2v) is 6.99. The maximum absolute atomic E-state index is 12.8. The smallest absolute Gasteiger partial charge is 0.291 e. The Morgan fingerprint density at radius 2 is 2.00 bits per heavy atom. The van der Waals surface area contributed by atoms with Crippen LogP contribution in [0.25, 0.3) is 11.0 Å². The number of anilines is 2. The molecule has 6 nitrogen and oxygen atoms in total. The van der Waals surface area contributed by atoms with Crippen LogP contribution in [0, 0.1) is 6.92 Å². The van der Waals surface area contributed by atoms with E-state index in [1.807, 2.05) is 31.2 Å². The monoisotopic (exact) mass is 378 g/mol. The van der Waals surface area contributed by atoms with Crippen molar-refractivity contribution in [3.05, 3.63) is 53.3 Å². The summed E-state index contributed by atoms with van der Waals surface area (Å²) in [6.07, 6.45) is 1.79. The lowest BCUT2D eigenvalue weighted by molar-refractivity contribution is -0.116. The fourth-order valence-corrected chi connectivity index (χ4v) is 3.73. The largest absolute Gasteiger partial charge is 0.497 e. The van der Waals surface area contributed by atoms with Gasteiger partial charge < -0.3 is 19.4 Å². The molecule has 1 N–H and O–H groups in total. The molecule has 2 aromatic carbocycles. The summed E-state index contributed by atoms with van der Waals surface area (Å²) < 4.78 is 11.0. The van der Waals surface area contributed by atoms with Gasteiger partial charge in [0.25, 0.3) is 5.91 Å². The van der Waals surface area contributed by atoms with Crippen LogP contribution in [-0.4, -0.2) is 25.5 Å². The van der Waals surface area contributed by atoms with Gasteiger partial charge in [0, 0.05) is 35.8 Å². The number of amides is 2. The minimum atomic E-state index is -0.299. The summed E-state index contributed by atoms with van der Waals surface area (Å²) in [5, 5.41) is 3.77. The Balaban J connectivity index is 1.61. The molecule has 2 heterocycles. The van der Waals surface area contributed by atoms with E-state index in [9.17, 15) is 9.59 Å². The highest BCUT2D eigenvalue weighted by Gasteiger charge is 2.22. The number of hydrogen-bond acceptors (Lipinski definition) is 4. The average molecular weight is 378 g/mol. The minimum absolute atomic E-state index is 0.0334. The lowest BCUT2D eigenvalue weighted by Gasteiger charge is -2.28. The summed E-state index contributed by atoms with van der Waals surface area (Å²) in [4.78, 5) is 26.4. The van der Waals surface area contributed by atoms with Crippen molar-refractivity contribution in [1.82, 2.24) is 0 Å². The summed E-state index contributed by atoms with van der Waals surface area (Å²) in [5.74, 6) is 0.734. The van der Waals surface area contributed by atoms with E-state index in [2.05, 4.69) is 5.32 Å². The van der Waals surface area contributed by atoms with E-state index in [1.54, 1.807) is 31.1 Å². The Morgan fingerprint density at radius 3 is 2.75 bits per heavy atom. The SMILES string of the molecule is COc1ccc2oc(C(=O)Nc3ccc4c(c3)CCCN4C(C)=O)c(C)c2c1. The molecule has 1 aromatic heterocycles. The van der Waals surface area contributed by atoms with Gasteiger partial charge in [0.05, 0.1) is 7.11 Å². The third-order valence-corrected chi connectivity index (χ3v) is 5.19. The van der Waals surface area contributed by atoms with Gasteiger partial charge in [-0.2, -0.15) is 0 Å². The molecule has 0 radical (unpaired) electrons. The molecule has 0 aliphatic carbocycles. The Kier molecular flexibility index (Phi) is 4.55. The molecular weight excluding hydrogens is 356 g/mol. The zero-order valence-electron chi connectivity index (χ0n) is 16.2. The molecule has 4 rings (SSSR count). The summed E-state index contributed by atoms with van der Waals surface area (Å²) in [5.41, 5.74) is 4.08. The van der Waals surface area contributed by atoms with Crippen molar-refractivity contribution in [2.75, 3.05) is 23.9 Å². The molecule has 3 aromatic rings. The number of nitrogens with zero attached hydrogens (tertiary/aromatic N) is 1. The number of aryl methyl sites for hydroxylation is 2. The Labute approximate surface area is 163 Å². The molecule has 0 saturated carbocycles. The quantitative estimate of drug-likeness (QED) is 0.737. The second-order valence-electron chi connectivity index (χ2n) is 6.99. The van der Waals surface area contributed by atoms with Crippen LogP contribution in [0.3, 0.4) is 0 Å². The van der Waals surface area contributed by atoms with Gasteiger partial charge in [0.15, 0.2) is 5.76 Å². The Hall–Kier alpha value is -3.28. The summed E-state index contributed by atoms with van der Waals surface area (Å²) >= 11 is 0. The van der Waals surface area contributed by atoms with Crippen LogP contribution in [0.5, 0.6) is 5.75 Å². The van der Waals surface area contributed by atoms with Gasteiger partial charge in [-0.15, -0.1) is 0 Å². The van der Waals surface area contributed by atoms with E-state index in [4.69, 9.17) is 9.15 Å². The Morgan fingerprint density at radius 1 is 1.18 bits per heavy atom. The molecule has 0 spiro atoms. The van der Waals surface area contributed by atoms with Crippen LogP contribution in [0.4, 0.5) is 11.4 Å². The van der Waals surface area contributed by atoms with Crippen molar-refractivity contribution in [3.8, 4) is 5.75 Å². The van der Waals surface area contributed by atoms with Crippen molar-refractivity contribution < 1.29 is 18.7 Å². The van der Waals surface area contributed by atoms with Gasteiger partial charge in [-0.25, -0.2) is 0 Å². The molecule has 2 amide bonds. The van der Waals surface area contributed by atoms with E-state index in [1.165, 1.54) is 0 Å². The second kappa shape index (κ2) is 7.03. The minimum Gasteiger partial charge on any atom is -0.497 e. The summed E-state index contributed by atoms with van der Waals surface area (Å²) in [6, 6.07) is 11.1. The Bertz CT molecular complexity index is 1080. The molecule has 1 aliphatic rings. The highest BCUT2D eigenvalue weighted by atomic mass is 16.5.